The first-order chi connectivity index (χ1) is 12.4. The maximum Gasteiger partial charge on any atom is 0.163 e. The third kappa shape index (κ3) is 2.94. The van der Waals surface area contributed by atoms with Crippen LogP contribution in [0.3, 0.4) is 0 Å². The fourth-order valence-electron chi connectivity index (χ4n) is 3.54. The number of nitrogens with zero attached hydrogens (tertiary/aromatic N) is 6. The maximum atomic E-state index is 5.97. The van der Waals surface area contributed by atoms with E-state index in [1.165, 1.54) is 0 Å². The molecule has 1 N–H and O–H groups in total. The van der Waals surface area contributed by atoms with Gasteiger partial charge in [-0.2, -0.15) is 10.2 Å². The SMILES string of the molecule is Cn1nccc1[C@@H]1OCC[C@H]1CNc1ncnc2c1cnn2C(C)(C)C. The summed E-state index contributed by atoms with van der Waals surface area (Å²) in [4.78, 5) is 8.86. The van der Waals surface area contributed by atoms with E-state index in [1.807, 2.05) is 34.9 Å². The van der Waals surface area contributed by atoms with Crippen LogP contribution in [0.1, 0.15) is 39.0 Å². The van der Waals surface area contributed by atoms with Crippen molar-refractivity contribution in [1.29, 1.82) is 0 Å². The normalized spacial score (nSPS) is 20.8. The largest absolute Gasteiger partial charge is 0.372 e. The molecule has 1 aliphatic rings. The molecule has 1 saturated heterocycles. The maximum absolute atomic E-state index is 5.97. The van der Waals surface area contributed by atoms with Crippen LogP contribution in [0.15, 0.2) is 24.8 Å². The Kier molecular flexibility index (Phi) is 4.14. The number of ether oxygens (including phenoxy) is 1. The lowest BCUT2D eigenvalue weighted by Gasteiger charge is -2.20. The van der Waals surface area contributed by atoms with Crippen LogP contribution < -0.4 is 5.32 Å². The van der Waals surface area contributed by atoms with Crippen LogP contribution in [0.5, 0.6) is 0 Å². The molecule has 0 aliphatic carbocycles. The van der Waals surface area contributed by atoms with E-state index < -0.39 is 0 Å². The Morgan fingerprint density at radius 3 is 2.85 bits per heavy atom. The van der Waals surface area contributed by atoms with Crippen molar-refractivity contribution in [2.24, 2.45) is 13.0 Å². The summed E-state index contributed by atoms with van der Waals surface area (Å²) >= 11 is 0. The first kappa shape index (κ1) is 17.0. The van der Waals surface area contributed by atoms with E-state index in [2.05, 4.69) is 46.3 Å². The zero-order valence-electron chi connectivity index (χ0n) is 15.7. The smallest absolute Gasteiger partial charge is 0.163 e. The predicted molar refractivity (Wildman–Crippen MR) is 98.8 cm³/mol. The Morgan fingerprint density at radius 2 is 2.12 bits per heavy atom. The molecule has 0 radical (unpaired) electrons. The van der Waals surface area contributed by atoms with Crippen LogP contribution in [0.25, 0.3) is 11.0 Å². The Bertz CT molecular complexity index is 908. The number of aryl methyl sites for hydroxylation is 1. The monoisotopic (exact) mass is 355 g/mol. The molecule has 4 heterocycles. The highest BCUT2D eigenvalue weighted by Gasteiger charge is 2.31. The molecule has 0 unspecified atom stereocenters. The molecular formula is C18H25N7O. The Morgan fingerprint density at radius 1 is 1.27 bits per heavy atom. The number of hydrogen-bond acceptors (Lipinski definition) is 6. The molecule has 26 heavy (non-hydrogen) atoms. The van der Waals surface area contributed by atoms with Gasteiger partial charge in [-0.1, -0.05) is 0 Å². The van der Waals surface area contributed by atoms with Crippen molar-refractivity contribution in [3.8, 4) is 0 Å². The van der Waals surface area contributed by atoms with Gasteiger partial charge in [-0.05, 0) is 33.3 Å². The van der Waals surface area contributed by atoms with Crippen LogP contribution in [-0.2, 0) is 17.3 Å². The van der Waals surface area contributed by atoms with Crippen molar-refractivity contribution < 1.29 is 4.74 Å². The van der Waals surface area contributed by atoms with Gasteiger partial charge in [0.1, 0.15) is 18.2 Å². The van der Waals surface area contributed by atoms with Gasteiger partial charge in [0.15, 0.2) is 5.65 Å². The van der Waals surface area contributed by atoms with Gasteiger partial charge in [0.25, 0.3) is 0 Å². The topological polar surface area (TPSA) is 82.7 Å². The van der Waals surface area contributed by atoms with Crippen molar-refractivity contribution in [2.45, 2.75) is 38.8 Å². The molecule has 0 amide bonds. The van der Waals surface area contributed by atoms with Gasteiger partial charge in [0.2, 0.25) is 0 Å². The molecule has 3 aromatic rings. The molecule has 2 atom stereocenters. The summed E-state index contributed by atoms with van der Waals surface area (Å²) < 4.78 is 9.79. The van der Waals surface area contributed by atoms with Crippen LogP contribution in [0.4, 0.5) is 5.82 Å². The Balaban J connectivity index is 1.55. The first-order valence-corrected chi connectivity index (χ1v) is 8.98. The molecule has 0 aromatic carbocycles. The van der Waals surface area contributed by atoms with E-state index in [0.717, 1.165) is 42.1 Å². The quantitative estimate of drug-likeness (QED) is 0.774. The van der Waals surface area contributed by atoms with Crippen LogP contribution >= 0.6 is 0 Å². The van der Waals surface area contributed by atoms with Gasteiger partial charge in [0, 0.05) is 32.3 Å². The standard InChI is InChI=1S/C18H25N7O/c1-18(2,3)25-17-13(10-23-25)16(20-11-21-17)19-9-12-6-8-26-15(12)14-5-7-22-24(14)4/h5,7,10-12,15H,6,8-9H2,1-4H3,(H,19,20,21)/t12-,15+/m0/s1. The van der Waals surface area contributed by atoms with E-state index in [-0.39, 0.29) is 11.6 Å². The van der Waals surface area contributed by atoms with Gasteiger partial charge >= 0.3 is 0 Å². The number of anilines is 1. The zero-order valence-corrected chi connectivity index (χ0v) is 15.7. The molecule has 8 heteroatoms. The summed E-state index contributed by atoms with van der Waals surface area (Å²) in [5, 5.41) is 13.2. The van der Waals surface area contributed by atoms with Crippen molar-refractivity contribution in [3.05, 3.63) is 30.5 Å². The molecule has 138 valence electrons. The number of aromatic nitrogens is 6. The summed E-state index contributed by atoms with van der Waals surface area (Å²) in [7, 11) is 1.95. The molecule has 8 nitrogen and oxygen atoms in total. The summed E-state index contributed by atoms with van der Waals surface area (Å²) in [5.41, 5.74) is 1.83. The Labute approximate surface area is 152 Å². The van der Waals surface area contributed by atoms with Gasteiger partial charge < -0.3 is 10.1 Å². The molecule has 0 bridgehead atoms. The number of nitrogens with one attached hydrogen (secondary N) is 1. The minimum absolute atomic E-state index is 0.0598. The molecule has 4 rings (SSSR count). The average molecular weight is 355 g/mol. The number of hydrogen-bond donors (Lipinski definition) is 1. The molecule has 3 aromatic heterocycles. The fourth-order valence-corrected chi connectivity index (χ4v) is 3.54. The third-order valence-electron chi connectivity index (χ3n) is 4.90. The second-order valence-electron chi connectivity index (χ2n) is 7.79. The lowest BCUT2D eigenvalue weighted by atomic mass is 9.99. The summed E-state index contributed by atoms with van der Waals surface area (Å²) in [6.45, 7) is 7.89. The minimum atomic E-state index is -0.128. The van der Waals surface area contributed by atoms with Gasteiger partial charge in [-0.3, -0.25) is 4.68 Å². The van der Waals surface area contributed by atoms with Gasteiger partial charge in [-0.25, -0.2) is 14.6 Å². The van der Waals surface area contributed by atoms with Crippen molar-refractivity contribution in [2.75, 3.05) is 18.5 Å². The highest BCUT2D eigenvalue weighted by molar-refractivity contribution is 5.86. The highest BCUT2D eigenvalue weighted by atomic mass is 16.5. The summed E-state index contributed by atoms with van der Waals surface area (Å²) in [6.07, 6.45) is 6.32. The molecule has 0 saturated carbocycles. The highest BCUT2D eigenvalue weighted by Crippen LogP contribution is 2.34. The number of fused-ring (bicyclic) bond motifs is 1. The van der Waals surface area contributed by atoms with Crippen molar-refractivity contribution in [3.63, 3.8) is 0 Å². The molecule has 1 aliphatic heterocycles. The summed E-state index contributed by atoms with van der Waals surface area (Å²) in [6, 6.07) is 2.03. The lowest BCUT2D eigenvalue weighted by Crippen LogP contribution is -2.23. The minimum Gasteiger partial charge on any atom is -0.372 e. The summed E-state index contributed by atoms with van der Waals surface area (Å²) in [5.74, 6) is 1.19. The molecular weight excluding hydrogens is 330 g/mol. The van der Waals surface area contributed by atoms with Crippen LogP contribution in [-0.4, -0.2) is 42.7 Å². The number of rotatable bonds is 4. The van der Waals surface area contributed by atoms with E-state index in [9.17, 15) is 0 Å². The predicted octanol–water partition coefficient (Wildman–Crippen LogP) is 2.50. The second-order valence-corrected chi connectivity index (χ2v) is 7.79. The fraction of sp³-hybridized carbons (Fsp3) is 0.556. The zero-order chi connectivity index (χ0) is 18.3. The molecule has 0 spiro atoms. The van der Waals surface area contributed by atoms with E-state index in [0.29, 0.717) is 5.92 Å². The third-order valence-corrected chi connectivity index (χ3v) is 4.90. The lowest BCUT2D eigenvalue weighted by molar-refractivity contribution is 0.0866. The van der Waals surface area contributed by atoms with Gasteiger partial charge in [0.05, 0.1) is 22.8 Å². The van der Waals surface area contributed by atoms with Gasteiger partial charge in [-0.15, -0.1) is 0 Å². The van der Waals surface area contributed by atoms with E-state index >= 15 is 0 Å². The molecule has 1 fully saturated rings. The van der Waals surface area contributed by atoms with Crippen LogP contribution in [0.2, 0.25) is 0 Å². The Hall–Kier alpha value is -2.48. The first-order valence-electron chi connectivity index (χ1n) is 8.98. The van der Waals surface area contributed by atoms with Crippen molar-refractivity contribution >= 4 is 16.9 Å². The average Bonchev–Trinajstić information content (AvgIpc) is 3.30. The van der Waals surface area contributed by atoms with Crippen LogP contribution in [0, 0.1) is 5.92 Å². The van der Waals surface area contributed by atoms with Crippen molar-refractivity contribution in [1.82, 2.24) is 29.5 Å². The van der Waals surface area contributed by atoms with E-state index in [1.54, 1.807) is 6.33 Å². The second kappa shape index (κ2) is 6.35. The van der Waals surface area contributed by atoms with E-state index in [4.69, 9.17) is 4.74 Å².